The summed E-state index contributed by atoms with van der Waals surface area (Å²) in [6.45, 7) is 0.728. The lowest BCUT2D eigenvalue weighted by Crippen LogP contribution is -2.28. The van der Waals surface area contributed by atoms with E-state index in [4.69, 9.17) is 4.74 Å². The van der Waals surface area contributed by atoms with Gasteiger partial charge in [-0.05, 0) is 55.2 Å². The maximum absolute atomic E-state index is 12.3. The Balaban J connectivity index is 1.54. The molecule has 1 fully saturated rings. The highest BCUT2D eigenvalue weighted by Crippen LogP contribution is 2.30. The third-order valence-electron chi connectivity index (χ3n) is 4.80. The monoisotopic (exact) mass is 324 g/mol. The fraction of sp³-hybridized carbons (Fsp3) is 0.368. The van der Waals surface area contributed by atoms with Gasteiger partial charge < -0.3 is 15.2 Å². The van der Waals surface area contributed by atoms with Crippen molar-refractivity contribution in [1.82, 2.24) is 4.98 Å². The van der Waals surface area contributed by atoms with Gasteiger partial charge in [0.2, 0.25) is 5.91 Å². The van der Waals surface area contributed by atoms with E-state index < -0.39 is 6.10 Å². The number of pyridine rings is 1. The molecule has 5 nitrogen and oxygen atoms in total. The van der Waals surface area contributed by atoms with Crippen molar-refractivity contribution in [2.75, 3.05) is 11.9 Å². The number of carbonyl (C=O) groups is 1. The molecule has 1 aliphatic heterocycles. The maximum Gasteiger partial charge on any atom is 0.231 e. The number of nitrogens with zero attached hydrogens (tertiary/aromatic N) is 1. The molecule has 1 saturated carbocycles. The second-order valence-corrected chi connectivity index (χ2v) is 6.42. The van der Waals surface area contributed by atoms with Crippen molar-refractivity contribution in [3.8, 4) is 17.0 Å². The van der Waals surface area contributed by atoms with Crippen molar-refractivity contribution in [3.63, 3.8) is 0 Å². The Bertz CT molecular complexity index is 775. The lowest BCUT2D eigenvalue weighted by molar-refractivity contribution is -0.122. The second kappa shape index (κ2) is 6.24. The molecule has 0 bridgehead atoms. The number of aromatic nitrogens is 1. The van der Waals surface area contributed by atoms with Crippen LogP contribution in [0.2, 0.25) is 0 Å². The molecule has 0 radical (unpaired) electrons. The van der Waals surface area contributed by atoms with E-state index in [0.717, 1.165) is 42.9 Å². The van der Waals surface area contributed by atoms with E-state index in [2.05, 4.69) is 16.4 Å². The molecular weight excluding hydrogens is 304 g/mol. The first-order chi connectivity index (χ1) is 11.7. The summed E-state index contributed by atoms with van der Waals surface area (Å²) in [7, 11) is 0. The SMILES string of the molecule is O=C(Nc1cccc(-c2ccc3c(c2)CCO3)n1)C1CCCC1O. The van der Waals surface area contributed by atoms with Gasteiger partial charge in [-0.15, -0.1) is 0 Å². The highest BCUT2D eigenvalue weighted by atomic mass is 16.5. The molecule has 0 spiro atoms. The van der Waals surface area contributed by atoms with Gasteiger partial charge in [-0.1, -0.05) is 6.07 Å². The van der Waals surface area contributed by atoms with Crippen LogP contribution in [0.5, 0.6) is 5.75 Å². The molecule has 4 rings (SSSR count). The number of rotatable bonds is 3. The number of hydrogen-bond donors (Lipinski definition) is 2. The Labute approximate surface area is 140 Å². The summed E-state index contributed by atoms with van der Waals surface area (Å²) < 4.78 is 5.53. The summed E-state index contributed by atoms with van der Waals surface area (Å²) in [6.07, 6.45) is 2.70. The highest BCUT2D eigenvalue weighted by molar-refractivity contribution is 5.92. The number of hydrogen-bond acceptors (Lipinski definition) is 4. The third-order valence-corrected chi connectivity index (χ3v) is 4.80. The largest absolute Gasteiger partial charge is 0.493 e. The van der Waals surface area contributed by atoms with Crippen LogP contribution >= 0.6 is 0 Å². The number of anilines is 1. The lowest BCUT2D eigenvalue weighted by Gasteiger charge is -2.14. The molecule has 2 unspecified atom stereocenters. The number of aliphatic hydroxyl groups is 1. The molecule has 1 aromatic heterocycles. The third kappa shape index (κ3) is 2.87. The van der Waals surface area contributed by atoms with Crippen LogP contribution in [0.3, 0.4) is 0 Å². The topological polar surface area (TPSA) is 71.5 Å². The van der Waals surface area contributed by atoms with E-state index in [1.165, 1.54) is 5.56 Å². The number of aliphatic hydroxyl groups excluding tert-OH is 1. The Morgan fingerprint density at radius 2 is 2.17 bits per heavy atom. The van der Waals surface area contributed by atoms with E-state index >= 15 is 0 Å². The molecule has 2 atom stereocenters. The molecule has 24 heavy (non-hydrogen) atoms. The second-order valence-electron chi connectivity index (χ2n) is 6.42. The van der Waals surface area contributed by atoms with Crippen LogP contribution < -0.4 is 10.1 Å². The molecule has 1 aliphatic carbocycles. The maximum atomic E-state index is 12.3. The van der Waals surface area contributed by atoms with Crippen LogP contribution in [0.4, 0.5) is 5.82 Å². The van der Waals surface area contributed by atoms with Gasteiger partial charge in [0.25, 0.3) is 0 Å². The predicted octanol–water partition coefficient (Wildman–Crippen LogP) is 2.78. The van der Waals surface area contributed by atoms with Crippen molar-refractivity contribution in [1.29, 1.82) is 0 Å². The number of nitrogens with one attached hydrogen (secondary N) is 1. The Kier molecular flexibility index (Phi) is 3.94. The molecule has 124 valence electrons. The number of amides is 1. The fourth-order valence-corrected chi connectivity index (χ4v) is 3.48. The number of carbonyl (C=O) groups excluding carboxylic acids is 1. The summed E-state index contributed by atoms with van der Waals surface area (Å²) in [5, 5.41) is 12.7. The van der Waals surface area contributed by atoms with Gasteiger partial charge in [-0.2, -0.15) is 0 Å². The summed E-state index contributed by atoms with van der Waals surface area (Å²) in [4.78, 5) is 16.8. The minimum atomic E-state index is -0.537. The quantitative estimate of drug-likeness (QED) is 0.911. The molecule has 2 aromatic rings. The van der Waals surface area contributed by atoms with Crippen LogP contribution in [-0.4, -0.2) is 28.7 Å². The average molecular weight is 324 g/mol. The van der Waals surface area contributed by atoms with Gasteiger partial charge in [0.05, 0.1) is 24.3 Å². The molecule has 2 aliphatic rings. The van der Waals surface area contributed by atoms with E-state index in [9.17, 15) is 9.90 Å². The standard InChI is InChI=1S/C19H20N2O3/c22-16-5-1-3-14(16)19(23)21-18-6-2-4-15(20-18)12-7-8-17-13(11-12)9-10-24-17/h2,4,6-8,11,14,16,22H,1,3,5,9-10H2,(H,20,21,23). The molecule has 2 N–H and O–H groups in total. The normalized spacial score (nSPS) is 22.0. The summed E-state index contributed by atoms with van der Waals surface area (Å²) >= 11 is 0. The minimum absolute atomic E-state index is 0.146. The first-order valence-corrected chi connectivity index (χ1v) is 8.43. The molecule has 1 amide bonds. The average Bonchev–Trinajstić information content (AvgIpc) is 3.22. The first-order valence-electron chi connectivity index (χ1n) is 8.43. The summed E-state index contributed by atoms with van der Waals surface area (Å²) in [5.41, 5.74) is 3.02. The zero-order chi connectivity index (χ0) is 16.5. The van der Waals surface area contributed by atoms with Crippen molar-refractivity contribution in [2.24, 2.45) is 5.92 Å². The van der Waals surface area contributed by atoms with Crippen molar-refractivity contribution >= 4 is 11.7 Å². The van der Waals surface area contributed by atoms with Crippen molar-refractivity contribution in [3.05, 3.63) is 42.0 Å². The first kappa shape index (κ1) is 15.1. The van der Waals surface area contributed by atoms with E-state index in [1.54, 1.807) is 6.07 Å². The van der Waals surface area contributed by atoms with Crippen molar-refractivity contribution in [2.45, 2.75) is 31.8 Å². The zero-order valence-electron chi connectivity index (χ0n) is 13.4. The van der Waals surface area contributed by atoms with Gasteiger partial charge in [0.15, 0.2) is 0 Å². The van der Waals surface area contributed by atoms with Gasteiger partial charge in [-0.25, -0.2) is 4.98 Å². The number of fused-ring (bicyclic) bond motifs is 1. The van der Waals surface area contributed by atoms with Gasteiger partial charge in [0.1, 0.15) is 11.6 Å². The predicted molar refractivity (Wildman–Crippen MR) is 90.8 cm³/mol. The number of benzene rings is 1. The van der Waals surface area contributed by atoms with E-state index in [0.29, 0.717) is 12.2 Å². The Morgan fingerprint density at radius 3 is 3.00 bits per heavy atom. The smallest absolute Gasteiger partial charge is 0.231 e. The van der Waals surface area contributed by atoms with Crippen LogP contribution in [0.15, 0.2) is 36.4 Å². The molecule has 1 aromatic carbocycles. The van der Waals surface area contributed by atoms with Crippen LogP contribution in [0.25, 0.3) is 11.3 Å². The van der Waals surface area contributed by atoms with Gasteiger partial charge >= 0.3 is 0 Å². The van der Waals surface area contributed by atoms with Crippen LogP contribution in [0.1, 0.15) is 24.8 Å². The summed E-state index contributed by atoms with van der Waals surface area (Å²) in [5.74, 6) is 0.992. The van der Waals surface area contributed by atoms with Gasteiger partial charge in [-0.3, -0.25) is 4.79 Å². The Morgan fingerprint density at radius 1 is 1.25 bits per heavy atom. The van der Waals surface area contributed by atoms with Crippen molar-refractivity contribution < 1.29 is 14.6 Å². The number of ether oxygens (including phenoxy) is 1. The zero-order valence-corrected chi connectivity index (χ0v) is 13.4. The van der Waals surface area contributed by atoms with E-state index in [1.807, 2.05) is 24.3 Å². The van der Waals surface area contributed by atoms with Crippen LogP contribution in [0, 0.1) is 5.92 Å². The molecule has 0 saturated heterocycles. The van der Waals surface area contributed by atoms with Crippen LogP contribution in [-0.2, 0) is 11.2 Å². The Hall–Kier alpha value is -2.40. The van der Waals surface area contributed by atoms with E-state index in [-0.39, 0.29) is 11.8 Å². The summed E-state index contributed by atoms with van der Waals surface area (Å²) in [6, 6.07) is 11.6. The molecule has 2 heterocycles. The molecular formula is C19H20N2O3. The lowest BCUT2D eigenvalue weighted by atomic mass is 10.0. The fourth-order valence-electron chi connectivity index (χ4n) is 3.48. The van der Waals surface area contributed by atoms with Gasteiger partial charge in [0, 0.05) is 12.0 Å². The minimum Gasteiger partial charge on any atom is -0.493 e. The highest BCUT2D eigenvalue weighted by Gasteiger charge is 2.31. The molecule has 5 heteroatoms.